The Morgan fingerprint density at radius 2 is 1.93 bits per heavy atom. The number of carbonyl (C=O) groups excluding carboxylic acids is 2. The summed E-state index contributed by atoms with van der Waals surface area (Å²) in [7, 11) is 0. The van der Waals surface area contributed by atoms with Gasteiger partial charge in [0.25, 0.3) is 0 Å². The van der Waals surface area contributed by atoms with Crippen molar-refractivity contribution in [3.8, 4) is 0 Å². The molecule has 2 aliphatic heterocycles. The predicted molar refractivity (Wildman–Crippen MR) is 116 cm³/mol. The Kier molecular flexibility index (Phi) is 11.4. The van der Waals surface area contributed by atoms with Crippen molar-refractivity contribution in [1.29, 1.82) is 0 Å². The summed E-state index contributed by atoms with van der Waals surface area (Å²) in [6.07, 6.45) is 3.15. The molecule has 0 aromatic heterocycles. The Balaban J connectivity index is 0.00000210. The third-order valence-corrected chi connectivity index (χ3v) is 4.89. The van der Waals surface area contributed by atoms with Gasteiger partial charge in [0.05, 0.1) is 24.9 Å². The number of ether oxygens (including phenoxy) is 1. The fourth-order valence-electron chi connectivity index (χ4n) is 3.30. The van der Waals surface area contributed by atoms with Crippen LogP contribution >= 0.6 is 24.8 Å². The summed E-state index contributed by atoms with van der Waals surface area (Å²) >= 11 is 0. The van der Waals surface area contributed by atoms with Gasteiger partial charge in [0.15, 0.2) is 0 Å². The van der Waals surface area contributed by atoms with Gasteiger partial charge in [-0.25, -0.2) is 4.39 Å². The van der Waals surface area contributed by atoms with Gasteiger partial charge in [0.2, 0.25) is 11.8 Å². The summed E-state index contributed by atoms with van der Waals surface area (Å²) in [6.45, 7) is 4.39. The lowest BCUT2D eigenvalue weighted by atomic mass is 10.0. The summed E-state index contributed by atoms with van der Waals surface area (Å²) in [5.74, 6) is -0.910. The molecule has 3 N–H and O–H groups in total. The zero-order chi connectivity index (χ0) is 19.1. The fraction of sp³-hybridized carbons (Fsp3) is 0.579. The van der Waals surface area contributed by atoms with E-state index in [0.29, 0.717) is 25.4 Å². The van der Waals surface area contributed by atoms with Gasteiger partial charge in [0, 0.05) is 31.7 Å². The molecule has 0 radical (unpaired) electrons. The Hall–Kier alpha value is -1.45. The van der Waals surface area contributed by atoms with E-state index in [0.717, 1.165) is 38.9 Å². The molecule has 7 nitrogen and oxygen atoms in total. The number of rotatable bonds is 6. The van der Waals surface area contributed by atoms with Crippen molar-refractivity contribution in [3.63, 3.8) is 0 Å². The fourth-order valence-corrected chi connectivity index (χ4v) is 3.30. The number of nitrogens with zero attached hydrogens (tertiary/aromatic N) is 1. The molecule has 2 saturated heterocycles. The molecule has 0 aliphatic carbocycles. The zero-order valence-corrected chi connectivity index (χ0v) is 17.9. The van der Waals surface area contributed by atoms with E-state index in [1.165, 1.54) is 18.2 Å². The van der Waals surface area contributed by atoms with Crippen LogP contribution in [0.1, 0.15) is 25.7 Å². The summed E-state index contributed by atoms with van der Waals surface area (Å²) in [4.78, 5) is 26.6. The third-order valence-electron chi connectivity index (χ3n) is 4.89. The van der Waals surface area contributed by atoms with E-state index in [4.69, 9.17) is 4.74 Å². The van der Waals surface area contributed by atoms with Gasteiger partial charge in [-0.2, -0.15) is 0 Å². The first-order valence-electron chi connectivity index (χ1n) is 9.55. The number of carbonyl (C=O) groups is 2. The molecule has 2 amide bonds. The van der Waals surface area contributed by atoms with Crippen LogP contribution in [0.3, 0.4) is 0 Å². The average Bonchev–Trinajstić information content (AvgIpc) is 2.70. The first-order valence-corrected chi connectivity index (χ1v) is 9.55. The lowest BCUT2D eigenvalue weighted by Gasteiger charge is -2.26. The summed E-state index contributed by atoms with van der Waals surface area (Å²) in [6, 6.07) is 3.99. The number of hydrogen-bond acceptors (Lipinski definition) is 5. The largest absolute Gasteiger partial charge is 0.379 e. The van der Waals surface area contributed by atoms with Gasteiger partial charge in [-0.1, -0.05) is 6.42 Å². The molecule has 164 valence electrons. The Morgan fingerprint density at radius 3 is 2.62 bits per heavy atom. The Bertz CT molecular complexity index is 669. The molecule has 1 aromatic carbocycles. The van der Waals surface area contributed by atoms with Crippen LogP contribution in [-0.2, 0) is 14.3 Å². The first-order chi connectivity index (χ1) is 13.1. The van der Waals surface area contributed by atoms with Crippen LogP contribution in [0.25, 0.3) is 0 Å². The summed E-state index contributed by atoms with van der Waals surface area (Å²) < 4.78 is 19.3. The standard InChI is InChI=1S/C19H27FN4O3.2ClH/c20-15-5-4-14(22-19(26)16-3-1-2-7-21-16)13-17(15)23-18(25)6-8-24-9-11-27-12-10-24;;/h4-5,13,16,21H,1-3,6-12H2,(H,22,26)(H,23,25);2*1H/t16-;;/m1../s1. The number of piperidine rings is 1. The molecule has 2 heterocycles. The lowest BCUT2D eigenvalue weighted by Crippen LogP contribution is -2.43. The second-order valence-electron chi connectivity index (χ2n) is 6.94. The molecule has 2 aliphatic rings. The molecule has 1 aromatic rings. The number of anilines is 2. The number of morpholine rings is 1. The van der Waals surface area contributed by atoms with Crippen molar-refractivity contribution in [1.82, 2.24) is 10.2 Å². The molecule has 1 atom stereocenters. The van der Waals surface area contributed by atoms with Crippen LogP contribution in [0.4, 0.5) is 15.8 Å². The van der Waals surface area contributed by atoms with Crippen LogP contribution in [0, 0.1) is 5.82 Å². The highest BCUT2D eigenvalue weighted by Gasteiger charge is 2.21. The second-order valence-corrected chi connectivity index (χ2v) is 6.94. The summed E-state index contributed by atoms with van der Waals surface area (Å²) in [5.41, 5.74) is 0.550. The number of benzene rings is 1. The van der Waals surface area contributed by atoms with Crippen molar-refractivity contribution in [2.75, 3.05) is 50.0 Å². The van der Waals surface area contributed by atoms with Gasteiger partial charge >= 0.3 is 0 Å². The Morgan fingerprint density at radius 1 is 1.17 bits per heavy atom. The molecule has 0 saturated carbocycles. The maximum absolute atomic E-state index is 14.1. The molecular weight excluding hydrogens is 422 g/mol. The molecule has 2 fully saturated rings. The third kappa shape index (κ3) is 8.06. The van der Waals surface area contributed by atoms with Crippen molar-refractivity contribution in [2.24, 2.45) is 0 Å². The van der Waals surface area contributed by atoms with Gasteiger partial charge in [0.1, 0.15) is 5.82 Å². The lowest BCUT2D eigenvalue weighted by molar-refractivity contribution is -0.118. The Labute approximate surface area is 182 Å². The van der Waals surface area contributed by atoms with E-state index in [1.807, 2.05) is 0 Å². The van der Waals surface area contributed by atoms with Crippen LogP contribution in [0.5, 0.6) is 0 Å². The van der Waals surface area contributed by atoms with Gasteiger partial charge in [-0.15, -0.1) is 24.8 Å². The minimum absolute atomic E-state index is 0. The predicted octanol–water partition coefficient (Wildman–Crippen LogP) is 2.41. The highest BCUT2D eigenvalue weighted by atomic mass is 35.5. The van der Waals surface area contributed by atoms with Crippen LogP contribution in [0.15, 0.2) is 18.2 Å². The molecule has 10 heteroatoms. The molecule has 3 rings (SSSR count). The SMILES string of the molecule is Cl.Cl.O=C(CCN1CCOCC1)Nc1cc(NC(=O)[C@H]2CCCCN2)ccc1F. The smallest absolute Gasteiger partial charge is 0.241 e. The molecule has 0 bridgehead atoms. The summed E-state index contributed by atoms with van der Waals surface area (Å²) in [5, 5.41) is 8.57. The monoisotopic (exact) mass is 450 g/mol. The van der Waals surface area contributed by atoms with E-state index >= 15 is 0 Å². The van der Waals surface area contributed by atoms with Crippen LogP contribution in [-0.4, -0.2) is 62.1 Å². The number of halogens is 3. The zero-order valence-electron chi connectivity index (χ0n) is 16.2. The molecular formula is C19H29Cl2FN4O3. The van der Waals surface area contributed by atoms with Crippen LogP contribution < -0.4 is 16.0 Å². The van der Waals surface area contributed by atoms with Crippen molar-refractivity contribution in [3.05, 3.63) is 24.0 Å². The van der Waals surface area contributed by atoms with Crippen LogP contribution in [0.2, 0.25) is 0 Å². The molecule has 0 unspecified atom stereocenters. The van der Waals surface area contributed by atoms with Crippen molar-refractivity contribution < 1.29 is 18.7 Å². The van der Waals surface area contributed by atoms with E-state index < -0.39 is 5.82 Å². The van der Waals surface area contributed by atoms with E-state index in [9.17, 15) is 14.0 Å². The second kappa shape index (κ2) is 13.0. The normalized spacial score (nSPS) is 19.4. The minimum Gasteiger partial charge on any atom is -0.379 e. The number of hydrogen-bond donors (Lipinski definition) is 3. The number of amides is 2. The molecule has 0 spiro atoms. The van der Waals surface area contributed by atoms with Gasteiger partial charge in [-0.05, 0) is 37.6 Å². The maximum Gasteiger partial charge on any atom is 0.241 e. The minimum atomic E-state index is -0.525. The van der Waals surface area contributed by atoms with Crippen molar-refractivity contribution >= 4 is 48.0 Å². The quantitative estimate of drug-likeness (QED) is 0.619. The van der Waals surface area contributed by atoms with E-state index in [2.05, 4.69) is 20.9 Å². The van der Waals surface area contributed by atoms with E-state index in [-0.39, 0.29) is 54.8 Å². The number of nitrogens with one attached hydrogen (secondary N) is 3. The highest BCUT2D eigenvalue weighted by molar-refractivity contribution is 5.96. The van der Waals surface area contributed by atoms with Gasteiger partial charge in [-0.3, -0.25) is 14.5 Å². The molecule has 29 heavy (non-hydrogen) atoms. The topological polar surface area (TPSA) is 82.7 Å². The van der Waals surface area contributed by atoms with Crippen molar-refractivity contribution in [2.45, 2.75) is 31.7 Å². The highest BCUT2D eigenvalue weighted by Crippen LogP contribution is 2.21. The van der Waals surface area contributed by atoms with Gasteiger partial charge < -0.3 is 20.7 Å². The average molecular weight is 451 g/mol. The van der Waals surface area contributed by atoms with E-state index in [1.54, 1.807) is 0 Å². The maximum atomic E-state index is 14.1. The first kappa shape index (κ1) is 25.6.